The first-order valence-electron chi connectivity index (χ1n) is 21.7. The van der Waals surface area contributed by atoms with Gasteiger partial charge in [0, 0.05) is 13.0 Å². The molecule has 0 spiro atoms. The molecule has 0 rings (SSSR count). The molecule has 0 aliphatic heterocycles. The van der Waals surface area contributed by atoms with E-state index < -0.39 is 158 Å². The number of hydrogen-bond acceptors (Lipinski definition) is 13. The Bertz CT molecular complexity index is 1660. The third-order valence-electron chi connectivity index (χ3n) is 10.0. The highest BCUT2D eigenvalue weighted by molar-refractivity contribution is 5.99. The van der Waals surface area contributed by atoms with Crippen molar-refractivity contribution in [2.24, 2.45) is 29.2 Å². The Labute approximate surface area is 378 Å². The average Bonchev–Trinajstić information content (AvgIpc) is 3.20. The molecule has 0 aliphatic carbocycles. The van der Waals surface area contributed by atoms with Crippen molar-refractivity contribution in [2.75, 3.05) is 19.6 Å². The van der Waals surface area contributed by atoms with Crippen LogP contribution in [0.2, 0.25) is 0 Å². The molecule has 7 atom stereocenters. The second-order valence-electron chi connectivity index (χ2n) is 16.7. The van der Waals surface area contributed by atoms with E-state index in [1.165, 1.54) is 27.7 Å². The summed E-state index contributed by atoms with van der Waals surface area (Å²) < 4.78 is 0. The van der Waals surface area contributed by atoms with Crippen LogP contribution in [0.1, 0.15) is 113 Å². The summed E-state index contributed by atoms with van der Waals surface area (Å²) in [7, 11) is 0. The van der Waals surface area contributed by atoms with E-state index in [4.69, 9.17) is 16.6 Å². The SMILES string of the molecule is CCCCCN(C(=O)C(CC(=O)O)NC(=O)C(NC(=O)C(N)CCCCN)C(C)C)C(C(=O)NC(CC(=O)O)C(=O)NC(CCC(=O)O)C(=O)NC(C(=O)NCC(=O)O)C(C)C)C(C)C. The van der Waals surface area contributed by atoms with E-state index in [-0.39, 0.29) is 19.4 Å². The van der Waals surface area contributed by atoms with Gasteiger partial charge in [-0.3, -0.25) is 52.7 Å². The van der Waals surface area contributed by atoms with Gasteiger partial charge >= 0.3 is 23.9 Å². The lowest BCUT2D eigenvalue weighted by Crippen LogP contribution is -2.62. The normalized spacial score (nSPS) is 14.4. The Hall–Kier alpha value is -5.91. The first kappa shape index (κ1) is 59.1. The summed E-state index contributed by atoms with van der Waals surface area (Å²) >= 11 is 0. The zero-order valence-corrected chi connectivity index (χ0v) is 38.3. The molecule has 0 aliphatic rings. The fourth-order valence-electron chi connectivity index (χ4n) is 6.51. The van der Waals surface area contributed by atoms with E-state index in [9.17, 15) is 68.1 Å². The number of hydrogen-bond donors (Lipinski definition) is 12. The molecule has 24 nitrogen and oxygen atoms in total. The highest BCUT2D eigenvalue weighted by Crippen LogP contribution is 2.18. The van der Waals surface area contributed by atoms with Crippen molar-refractivity contribution in [3.05, 3.63) is 0 Å². The number of carboxylic acid groups (broad SMARTS) is 4. The molecule has 0 saturated carbocycles. The summed E-state index contributed by atoms with van der Waals surface area (Å²) in [5.74, 6) is -14.8. The van der Waals surface area contributed by atoms with Gasteiger partial charge in [-0.2, -0.15) is 0 Å². The summed E-state index contributed by atoms with van der Waals surface area (Å²) in [6.45, 7) is 10.6. The molecule has 0 aromatic carbocycles. The summed E-state index contributed by atoms with van der Waals surface area (Å²) in [5, 5.41) is 51.9. The van der Waals surface area contributed by atoms with Crippen LogP contribution in [-0.2, 0) is 52.7 Å². The predicted octanol–water partition coefficient (Wildman–Crippen LogP) is -1.76. The number of aliphatic carboxylic acids is 4. The molecule has 65 heavy (non-hydrogen) atoms. The van der Waals surface area contributed by atoms with E-state index in [1.807, 2.05) is 6.92 Å². The van der Waals surface area contributed by atoms with Crippen LogP contribution in [0.25, 0.3) is 0 Å². The van der Waals surface area contributed by atoms with Crippen LogP contribution >= 0.6 is 0 Å². The number of carbonyl (C=O) groups excluding carboxylic acids is 7. The van der Waals surface area contributed by atoms with Gasteiger partial charge in [-0.05, 0) is 50.0 Å². The van der Waals surface area contributed by atoms with Crippen molar-refractivity contribution in [1.82, 2.24) is 36.8 Å². The molecule has 0 fully saturated rings. The average molecular weight is 930 g/mol. The Morgan fingerprint density at radius 1 is 0.523 bits per heavy atom. The number of amides is 7. The van der Waals surface area contributed by atoms with Gasteiger partial charge in [0.2, 0.25) is 41.4 Å². The van der Waals surface area contributed by atoms with E-state index in [1.54, 1.807) is 13.8 Å². The molecule has 370 valence electrons. The molecule has 0 aromatic rings. The zero-order chi connectivity index (χ0) is 50.1. The van der Waals surface area contributed by atoms with Gasteiger partial charge in [-0.25, -0.2) is 0 Å². The third kappa shape index (κ3) is 22.5. The summed E-state index contributed by atoms with van der Waals surface area (Å²) in [5.41, 5.74) is 11.5. The summed E-state index contributed by atoms with van der Waals surface area (Å²) in [6, 6.07) is -10.6. The van der Waals surface area contributed by atoms with Gasteiger partial charge < -0.3 is 68.7 Å². The van der Waals surface area contributed by atoms with Crippen LogP contribution in [0.5, 0.6) is 0 Å². The minimum atomic E-state index is -1.96. The summed E-state index contributed by atoms with van der Waals surface area (Å²) in [4.78, 5) is 143. The van der Waals surface area contributed by atoms with Crippen LogP contribution < -0.4 is 43.4 Å². The molecule has 7 unspecified atom stereocenters. The monoisotopic (exact) mass is 930 g/mol. The van der Waals surface area contributed by atoms with Gasteiger partial charge in [-0.1, -0.05) is 67.7 Å². The molecular weight excluding hydrogens is 858 g/mol. The number of carboxylic acids is 4. The van der Waals surface area contributed by atoms with Crippen molar-refractivity contribution < 1.29 is 73.2 Å². The molecule has 0 saturated heterocycles. The van der Waals surface area contributed by atoms with E-state index >= 15 is 0 Å². The minimum absolute atomic E-state index is 0.165. The zero-order valence-electron chi connectivity index (χ0n) is 38.3. The molecule has 0 heterocycles. The quantitative estimate of drug-likeness (QED) is 0.0324. The van der Waals surface area contributed by atoms with Gasteiger partial charge in [-0.15, -0.1) is 0 Å². The highest BCUT2D eigenvalue weighted by atomic mass is 16.4. The van der Waals surface area contributed by atoms with Crippen LogP contribution in [-0.4, -0.2) is 152 Å². The third-order valence-corrected chi connectivity index (χ3v) is 10.0. The lowest BCUT2D eigenvalue weighted by molar-refractivity contribution is -0.149. The maximum Gasteiger partial charge on any atom is 0.322 e. The molecule has 0 bridgehead atoms. The number of nitrogens with zero attached hydrogens (tertiary/aromatic N) is 1. The van der Waals surface area contributed by atoms with Crippen molar-refractivity contribution in [2.45, 2.75) is 155 Å². The number of unbranched alkanes of at least 4 members (excludes halogenated alkanes) is 3. The van der Waals surface area contributed by atoms with Gasteiger partial charge in [0.1, 0.15) is 42.8 Å². The Balaban J connectivity index is 6.90. The van der Waals surface area contributed by atoms with E-state index in [0.717, 1.165) is 4.90 Å². The maximum atomic E-state index is 14.5. The second-order valence-corrected chi connectivity index (χ2v) is 16.7. The van der Waals surface area contributed by atoms with Crippen LogP contribution in [0.3, 0.4) is 0 Å². The van der Waals surface area contributed by atoms with Crippen molar-refractivity contribution in [3.8, 4) is 0 Å². The number of rotatable bonds is 33. The minimum Gasteiger partial charge on any atom is -0.481 e. The molecular formula is C41H71N9O15. The van der Waals surface area contributed by atoms with Crippen molar-refractivity contribution in [1.29, 1.82) is 0 Å². The lowest BCUT2D eigenvalue weighted by atomic mass is 9.97. The smallest absolute Gasteiger partial charge is 0.322 e. The summed E-state index contributed by atoms with van der Waals surface area (Å²) in [6.07, 6.45) is -0.429. The molecule has 14 N–H and O–H groups in total. The molecule has 24 heteroatoms. The van der Waals surface area contributed by atoms with E-state index in [2.05, 4.69) is 31.9 Å². The molecule has 0 radical (unpaired) electrons. The Morgan fingerprint density at radius 2 is 1.03 bits per heavy atom. The molecule has 0 aromatic heterocycles. The lowest BCUT2D eigenvalue weighted by Gasteiger charge is -2.37. The van der Waals surface area contributed by atoms with Crippen LogP contribution in [0, 0.1) is 17.8 Å². The number of nitrogens with two attached hydrogens (primary N) is 2. The van der Waals surface area contributed by atoms with Crippen molar-refractivity contribution >= 4 is 65.2 Å². The first-order chi connectivity index (χ1) is 30.3. The second kappa shape index (κ2) is 30.3. The van der Waals surface area contributed by atoms with Crippen molar-refractivity contribution in [3.63, 3.8) is 0 Å². The fourth-order valence-corrected chi connectivity index (χ4v) is 6.51. The predicted molar refractivity (Wildman–Crippen MR) is 232 cm³/mol. The maximum absolute atomic E-state index is 14.5. The molecule has 7 amide bonds. The fraction of sp³-hybridized carbons (Fsp3) is 0.732. The van der Waals surface area contributed by atoms with Crippen LogP contribution in [0.4, 0.5) is 0 Å². The number of carbonyl (C=O) groups is 11. The topological polar surface area (TPSA) is 396 Å². The van der Waals surface area contributed by atoms with Gasteiger partial charge in [0.05, 0.1) is 18.9 Å². The Kier molecular flexibility index (Phi) is 27.5. The standard InChI is InChI=1S/C41H71N9O15/c1-8-9-12-17-50(41(65)27(19-30(55)56)47-39(63)33(22(4)5)48-35(59)24(43)13-10-11-16-42)34(23(6)7)40(64)46-26(18-29(53)54)37(61)45-25(14-15-28(51)52)36(60)49-32(21(2)3)38(62)44-20-31(57)58/h21-27,32-34H,8-20,42-43H2,1-7H3,(H,44,62)(H,45,61)(H,46,64)(H,47,63)(H,48,59)(H,49,60)(H,51,52)(H,53,54)(H,55,56)(H,57,58). The first-order valence-corrected chi connectivity index (χ1v) is 21.7. The van der Waals surface area contributed by atoms with Gasteiger partial charge in [0.15, 0.2) is 0 Å². The Morgan fingerprint density at radius 3 is 1.52 bits per heavy atom. The van der Waals surface area contributed by atoms with Crippen LogP contribution in [0.15, 0.2) is 0 Å². The van der Waals surface area contributed by atoms with E-state index in [0.29, 0.717) is 32.2 Å². The highest BCUT2D eigenvalue weighted by Gasteiger charge is 2.40. The largest absolute Gasteiger partial charge is 0.481 e. The number of nitrogens with one attached hydrogen (secondary N) is 6. The van der Waals surface area contributed by atoms with Gasteiger partial charge in [0.25, 0.3) is 0 Å².